The molecule has 0 unspecified atom stereocenters. The maximum atomic E-state index is 5.56. The summed E-state index contributed by atoms with van der Waals surface area (Å²) in [5, 5.41) is 0. The molecule has 2 rings (SSSR count). The number of benzene rings is 1. The molecule has 0 radical (unpaired) electrons. The summed E-state index contributed by atoms with van der Waals surface area (Å²) in [5.41, 5.74) is 7.26. The van der Waals surface area contributed by atoms with E-state index in [-0.39, 0.29) is 5.95 Å². The van der Waals surface area contributed by atoms with Crippen molar-refractivity contribution in [2.45, 2.75) is 6.92 Å². The van der Waals surface area contributed by atoms with Crippen LogP contribution in [0.4, 0.5) is 5.95 Å². The Balaban J connectivity index is 2.46. The van der Waals surface area contributed by atoms with E-state index in [2.05, 4.69) is 9.97 Å². The summed E-state index contributed by atoms with van der Waals surface area (Å²) in [5.74, 6) is 1.08. The van der Waals surface area contributed by atoms with Crippen molar-refractivity contribution in [1.29, 1.82) is 0 Å². The topological polar surface area (TPSA) is 61.0 Å². The molecule has 0 saturated heterocycles. The highest BCUT2D eigenvalue weighted by Crippen LogP contribution is 2.28. The zero-order valence-electron chi connectivity index (χ0n) is 9.05. The summed E-state index contributed by atoms with van der Waals surface area (Å²) >= 11 is 0. The lowest BCUT2D eigenvalue weighted by Crippen LogP contribution is -1.98. The van der Waals surface area contributed by atoms with Crippen LogP contribution in [0.1, 0.15) is 6.92 Å². The van der Waals surface area contributed by atoms with E-state index in [0.717, 1.165) is 17.0 Å². The van der Waals surface area contributed by atoms with Crippen molar-refractivity contribution in [1.82, 2.24) is 9.97 Å². The van der Waals surface area contributed by atoms with Crippen LogP contribution < -0.4 is 10.5 Å². The smallest absolute Gasteiger partial charge is 0.220 e. The number of ether oxygens (including phenoxy) is 1. The molecule has 0 aliphatic rings. The number of para-hydroxylation sites is 1. The number of aromatic nitrogens is 2. The minimum absolute atomic E-state index is 0.267. The van der Waals surface area contributed by atoms with Gasteiger partial charge in [0.1, 0.15) is 5.75 Å². The Morgan fingerprint density at radius 1 is 1.25 bits per heavy atom. The molecule has 1 heterocycles. The predicted molar refractivity (Wildman–Crippen MR) is 63.0 cm³/mol. The van der Waals surface area contributed by atoms with Gasteiger partial charge in [0.15, 0.2) is 0 Å². The van der Waals surface area contributed by atoms with E-state index in [1.807, 2.05) is 37.3 Å². The first-order chi connectivity index (χ1) is 7.81. The number of nitrogens with two attached hydrogens (primary N) is 1. The predicted octanol–water partition coefficient (Wildman–Crippen LogP) is 2.12. The van der Waals surface area contributed by atoms with Crippen LogP contribution in [0.15, 0.2) is 36.5 Å². The molecule has 0 saturated carbocycles. The molecule has 0 atom stereocenters. The second-order valence-electron chi connectivity index (χ2n) is 3.23. The van der Waals surface area contributed by atoms with Gasteiger partial charge in [-0.1, -0.05) is 12.1 Å². The number of anilines is 1. The summed E-state index contributed by atoms with van der Waals surface area (Å²) < 4.78 is 5.53. The highest BCUT2D eigenvalue weighted by Gasteiger charge is 2.06. The Hall–Kier alpha value is -2.10. The number of hydrogen-bond donors (Lipinski definition) is 1. The van der Waals surface area contributed by atoms with Crippen LogP contribution in [0.3, 0.4) is 0 Å². The quantitative estimate of drug-likeness (QED) is 0.851. The Kier molecular flexibility index (Phi) is 3.00. The third-order valence-corrected chi connectivity index (χ3v) is 2.14. The standard InChI is InChI=1S/C12H13N3O/c1-2-16-11-6-4-3-5-9(11)10-7-8-14-12(13)15-10/h3-8H,2H2,1H3,(H2,13,14,15). The molecule has 0 aliphatic heterocycles. The molecule has 0 bridgehead atoms. The van der Waals surface area contributed by atoms with Gasteiger partial charge in [-0.05, 0) is 25.1 Å². The van der Waals surface area contributed by atoms with E-state index in [0.29, 0.717) is 6.61 Å². The van der Waals surface area contributed by atoms with Crippen LogP contribution in [0.2, 0.25) is 0 Å². The molecule has 4 heteroatoms. The number of nitrogen functional groups attached to an aromatic ring is 1. The first kappa shape index (κ1) is 10.4. The fourth-order valence-corrected chi connectivity index (χ4v) is 1.48. The van der Waals surface area contributed by atoms with Crippen molar-refractivity contribution < 1.29 is 4.74 Å². The van der Waals surface area contributed by atoms with Crippen LogP contribution in [0.5, 0.6) is 5.75 Å². The molecular formula is C12H13N3O. The molecule has 4 nitrogen and oxygen atoms in total. The second kappa shape index (κ2) is 4.61. The maximum Gasteiger partial charge on any atom is 0.220 e. The van der Waals surface area contributed by atoms with E-state index in [9.17, 15) is 0 Å². The van der Waals surface area contributed by atoms with Crippen LogP contribution >= 0.6 is 0 Å². The number of nitrogens with zero attached hydrogens (tertiary/aromatic N) is 2. The fraction of sp³-hybridized carbons (Fsp3) is 0.167. The highest BCUT2D eigenvalue weighted by atomic mass is 16.5. The molecule has 0 amide bonds. The first-order valence-corrected chi connectivity index (χ1v) is 5.12. The van der Waals surface area contributed by atoms with Crippen LogP contribution in [0, 0.1) is 0 Å². The summed E-state index contributed by atoms with van der Waals surface area (Å²) in [6, 6.07) is 9.55. The SMILES string of the molecule is CCOc1ccccc1-c1ccnc(N)n1. The maximum absolute atomic E-state index is 5.56. The molecule has 1 aromatic carbocycles. The van der Waals surface area contributed by atoms with Gasteiger partial charge in [0.05, 0.1) is 12.3 Å². The van der Waals surface area contributed by atoms with E-state index < -0.39 is 0 Å². The Morgan fingerprint density at radius 2 is 2.06 bits per heavy atom. The van der Waals surface area contributed by atoms with Crippen molar-refractivity contribution in [3.8, 4) is 17.0 Å². The Labute approximate surface area is 94.1 Å². The van der Waals surface area contributed by atoms with Gasteiger partial charge in [-0.2, -0.15) is 0 Å². The average molecular weight is 215 g/mol. The lowest BCUT2D eigenvalue weighted by Gasteiger charge is -2.09. The zero-order valence-corrected chi connectivity index (χ0v) is 9.05. The van der Waals surface area contributed by atoms with Crippen molar-refractivity contribution in [3.05, 3.63) is 36.5 Å². The normalized spacial score (nSPS) is 10.1. The average Bonchev–Trinajstić information content (AvgIpc) is 2.30. The molecule has 1 aromatic heterocycles. The molecule has 0 fully saturated rings. The minimum atomic E-state index is 0.267. The van der Waals surface area contributed by atoms with Crippen molar-refractivity contribution >= 4 is 5.95 Å². The Morgan fingerprint density at radius 3 is 2.81 bits per heavy atom. The van der Waals surface area contributed by atoms with E-state index in [1.54, 1.807) is 6.20 Å². The van der Waals surface area contributed by atoms with Gasteiger partial charge in [-0.3, -0.25) is 0 Å². The van der Waals surface area contributed by atoms with Crippen LogP contribution in [-0.2, 0) is 0 Å². The molecule has 0 aliphatic carbocycles. The van der Waals surface area contributed by atoms with Crippen molar-refractivity contribution in [2.24, 2.45) is 0 Å². The molecule has 82 valence electrons. The summed E-state index contributed by atoms with van der Waals surface area (Å²) in [6.45, 7) is 2.57. The van der Waals surface area contributed by atoms with Gasteiger partial charge in [0.2, 0.25) is 5.95 Å². The van der Waals surface area contributed by atoms with Gasteiger partial charge in [-0.15, -0.1) is 0 Å². The van der Waals surface area contributed by atoms with E-state index >= 15 is 0 Å². The van der Waals surface area contributed by atoms with Crippen molar-refractivity contribution in [2.75, 3.05) is 12.3 Å². The first-order valence-electron chi connectivity index (χ1n) is 5.12. The lowest BCUT2D eigenvalue weighted by molar-refractivity contribution is 0.341. The van der Waals surface area contributed by atoms with E-state index in [4.69, 9.17) is 10.5 Å². The fourth-order valence-electron chi connectivity index (χ4n) is 1.48. The summed E-state index contributed by atoms with van der Waals surface area (Å²) in [4.78, 5) is 8.04. The number of hydrogen-bond acceptors (Lipinski definition) is 4. The zero-order chi connectivity index (χ0) is 11.4. The lowest BCUT2D eigenvalue weighted by atomic mass is 10.1. The molecule has 2 aromatic rings. The number of rotatable bonds is 3. The monoisotopic (exact) mass is 215 g/mol. The van der Waals surface area contributed by atoms with Gasteiger partial charge >= 0.3 is 0 Å². The van der Waals surface area contributed by atoms with Crippen LogP contribution in [0.25, 0.3) is 11.3 Å². The largest absolute Gasteiger partial charge is 0.493 e. The minimum Gasteiger partial charge on any atom is -0.493 e. The highest BCUT2D eigenvalue weighted by molar-refractivity contribution is 5.67. The van der Waals surface area contributed by atoms with Gasteiger partial charge in [-0.25, -0.2) is 9.97 Å². The van der Waals surface area contributed by atoms with Crippen molar-refractivity contribution in [3.63, 3.8) is 0 Å². The molecule has 0 spiro atoms. The molecular weight excluding hydrogens is 202 g/mol. The van der Waals surface area contributed by atoms with E-state index in [1.165, 1.54) is 0 Å². The Bertz CT molecular complexity index is 485. The summed E-state index contributed by atoms with van der Waals surface area (Å²) in [6.07, 6.45) is 1.64. The van der Waals surface area contributed by atoms with Gasteiger partial charge < -0.3 is 10.5 Å². The third-order valence-electron chi connectivity index (χ3n) is 2.14. The van der Waals surface area contributed by atoms with Gasteiger partial charge in [0, 0.05) is 11.8 Å². The van der Waals surface area contributed by atoms with Gasteiger partial charge in [0.25, 0.3) is 0 Å². The summed E-state index contributed by atoms with van der Waals surface area (Å²) in [7, 11) is 0. The molecule has 2 N–H and O–H groups in total. The third kappa shape index (κ3) is 2.11. The molecule has 16 heavy (non-hydrogen) atoms. The second-order valence-corrected chi connectivity index (χ2v) is 3.23. The van der Waals surface area contributed by atoms with Crippen LogP contribution in [-0.4, -0.2) is 16.6 Å².